The Labute approximate surface area is 131 Å². The van der Waals surface area contributed by atoms with Crippen LogP contribution in [0, 0.1) is 0 Å². The molecular formula is C17H23NO4. The number of rotatable bonds is 5. The second kappa shape index (κ2) is 7.82. The van der Waals surface area contributed by atoms with Gasteiger partial charge in [-0.2, -0.15) is 0 Å². The molecule has 1 aliphatic heterocycles. The van der Waals surface area contributed by atoms with Crippen molar-refractivity contribution in [3.63, 3.8) is 0 Å². The highest BCUT2D eigenvalue weighted by atomic mass is 16.5. The molecule has 1 amide bonds. The van der Waals surface area contributed by atoms with Crippen molar-refractivity contribution < 1.29 is 19.1 Å². The number of ether oxygens (including phenoxy) is 2. The molecule has 1 aliphatic rings. The maximum absolute atomic E-state index is 12.3. The summed E-state index contributed by atoms with van der Waals surface area (Å²) in [6.45, 7) is 2.97. The number of hydrogen-bond donors (Lipinski definition) is 0. The Hall–Kier alpha value is -2.04. The van der Waals surface area contributed by atoms with Crippen LogP contribution < -0.4 is 4.74 Å². The van der Waals surface area contributed by atoms with Crippen LogP contribution >= 0.6 is 0 Å². The molecule has 0 N–H and O–H groups in total. The van der Waals surface area contributed by atoms with Crippen LogP contribution in [-0.2, 0) is 9.53 Å². The Morgan fingerprint density at radius 2 is 1.95 bits per heavy atom. The fraction of sp³-hybridized carbons (Fsp3) is 0.529. The largest absolute Gasteiger partial charge is 0.484 e. The minimum atomic E-state index is -0.387. The van der Waals surface area contributed by atoms with Crippen LogP contribution in [-0.4, -0.2) is 43.1 Å². The molecule has 0 aliphatic carbocycles. The molecule has 5 nitrogen and oxygen atoms in total. The molecule has 1 aromatic rings. The zero-order chi connectivity index (χ0) is 15.9. The second-order valence-corrected chi connectivity index (χ2v) is 5.45. The van der Waals surface area contributed by atoms with Crippen molar-refractivity contribution in [2.45, 2.75) is 38.6 Å². The van der Waals surface area contributed by atoms with Gasteiger partial charge < -0.3 is 14.4 Å². The number of carbonyl (C=O) groups excluding carboxylic acids is 2. The molecule has 5 heteroatoms. The highest BCUT2D eigenvalue weighted by molar-refractivity contribution is 5.89. The van der Waals surface area contributed by atoms with Crippen molar-refractivity contribution in [1.82, 2.24) is 4.90 Å². The maximum atomic E-state index is 12.3. The van der Waals surface area contributed by atoms with Gasteiger partial charge in [-0.05, 0) is 49.9 Å². The molecule has 1 aromatic carbocycles. The molecule has 1 saturated heterocycles. The number of carbonyl (C=O) groups is 2. The van der Waals surface area contributed by atoms with Crippen LogP contribution in [0.2, 0.25) is 0 Å². The molecule has 0 bridgehead atoms. The fourth-order valence-corrected chi connectivity index (χ4v) is 2.79. The van der Waals surface area contributed by atoms with Crippen molar-refractivity contribution in [2.75, 3.05) is 20.3 Å². The number of amides is 1. The zero-order valence-corrected chi connectivity index (χ0v) is 13.2. The van der Waals surface area contributed by atoms with Crippen LogP contribution in [0.5, 0.6) is 5.75 Å². The quantitative estimate of drug-likeness (QED) is 0.785. The minimum Gasteiger partial charge on any atom is -0.484 e. The van der Waals surface area contributed by atoms with E-state index in [1.54, 1.807) is 24.3 Å². The second-order valence-electron chi connectivity index (χ2n) is 5.45. The topological polar surface area (TPSA) is 55.8 Å². The van der Waals surface area contributed by atoms with Gasteiger partial charge in [-0.25, -0.2) is 4.79 Å². The van der Waals surface area contributed by atoms with Gasteiger partial charge in [0.05, 0.1) is 12.7 Å². The molecule has 0 radical (unpaired) electrons. The lowest BCUT2D eigenvalue weighted by atomic mass is 10.00. The Morgan fingerprint density at radius 1 is 1.23 bits per heavy atom. The molecule has 1 atom stereocenters. The zero-order valence-electron chi connectivity index (χ0n) is 13.2. The lowest BCUT2D eigenvalue weighted by molar-refractivity contribution is -0.137. The number of hydrogen-bond acceptors (Lipinski definition) is 4. The van der Waals surface area contributed by atoms with Gasteiger partial charge in [0.25, 0.3) is 5.91 Å². The summed E-state index contributed by atoms with van der Waals surface area (Å²) in [4.78, 5) is 25.6. The van der Waals surface area contributed by atoms with Crippen molar-refractivity contribution in [3.8, 4) is 5.75 Å². The Balaban J connectivity index is 1.89. The first-order valence-electron chi connectivity index (χ1n) is 7.76. The van der Waals surface area contributed by atoms with E-state index < -0.39 is 0 Å². The van der Waals surface area contributed by atoms with E-state index >= 15 is 0 Å². The van der Waals surface area contributed by atoms with Gasteiger partial charge in [0.15, 0.2) is 6.61 Å². The van der Waals surface area contributed by atoms with E-state index in [1.807, 2.05) is 4.90 Å². The molecule has 1 unspecified atom stereocenters. The summed E-state index contributed by atoms with van der Waals surface area (Å²) in [5, 5.41) is 0. The van der Waals surface area contributed by atoms with Gasteiger partial charge >= 0.3 is 5.97 Å². The number of methoxy groups -OCH3 is 1. The van der Waals surface area contributed by atoms with Crippen LogP contribution in [0.15, 0.2) is 24.3 Å². The molecule has 0 saturated carbocycles. The smallest absolute Gasteiger partial charge is 0.337 e. The first-order chi connectivity index (χ1) is 10.7. The summed E-state index contributed by atoms with van der Waals surface area (Å²) in [6, 6.07) is 6.94. The van der Waals surface area contributed by atoms with Crippen LogP contribution in [0.25, 0.3) is 0 Å². The molecule has 22 heavy (non-hydrogen) atoms. The van der Waals surface area contributed by atoms with Crippen molar-refractivity contribution in [1.29, 1.82) is 0 Å². The summed E-state index contributed by atoms with van der Waals surface area (Å²) in [7, 11) is 1.34. The summed E-state index contributed by atoms with van der Waals surface area (Å²) in [5.74, 6) is 0.219. The van der Waals surface area contributed by atoms with Crippen molar-refractivity contribution in [3.05, 3.63) is 29.8 Å². The Kier molecular flexibility index (Phi) is 5.81. The molecule has 1 fully saturated rings. The third-order valence-electron chi connectivity index (χ3n) is 4.06. The van der Waals surface area contributed by atoms with E-state index in [1.165, 1.54) is 13.5 Å². The SMILES string of the molecule is CCC1CCCCN1C(=O)COc1ccc(C(=O)OC)cc1. The number of benzene rings is 1. The van der Waals surface area contributed by atoms with E-state index in [-0.39, 0.29) is 18.5 Å². The molecule has 0 spiro atoms. The van der Waals surface area contributed by atoms with Crippen LogP contribution in [0.4, 0.5) is 0 Å². The highest BCUT2D eigenvalue weighted by Gasteiger charge is 2.25. The lowest BCUT2D eigenvalue weighted by Crippen LogP contribution is -2.45. The van der Waals surface area contributed by atoms with E-state index in [2.05, 4.69) is 11.7 Å². The van der Waals surface area contributed by atoms with Gasteiger partial charge in [0, 0.05) is 12.6 Å². The van der Waals surface area contributed by atoms with Gasteiger partial charge in [0.1, 0.15) is 5.75 Å². The number of likely N-dealkylation sites (tertiary alicyclic amines) is 1. The summed E-state index contributed by atoms with van der Waals surface area (Å²) in [6.07, 6.45) is 4.32. The third-order valence-corrected chi connectivity index (χ3v) is 4.06. The first kappa shape index (κ1) is 16.3. The molecule has 2 rings (SSSR count). The van der Waals surface area contributed by atoms with Crippen LogP contribution in [0.3, 0.4) is 0 Å². The number of nitrogens with zero attached hydrogens (tertiary/aromatic N) is 1. The molecule has 120 valence electrons. The fourth-order valence-electron chi connectivity index (χ4n) is 2.79. The standard InChI is InChI=1S/C17H23NO4/c1-3-14-6-4-5-11-18(14)16(19)12-22-15-9-7-13(8-10-15)17(20)21-2/h7-10,14H,3-6,11-12H2,1-2H3. The minimum absolute atomic E-state index is 0.0311. The lowest BCUT2D eigenvalue weighted by Gasteiger charge is -2.35. The Bertz CT molecular complexity index is 512. The average Bonchev–Trinajstić information content (AvgIpc) is 2.59. The molecule has 1 heterocycles. The van der Waals surface area contributed by atoms with E-state index in [0.29, 0.717) is 17.4 Å². The Morgan fingerprint density at radius 3 is 2.59 bits per heavy atom. The average molecular weight is 305 g/mol. The predicted octanol–water partition coefficient (Wildman–Crippen LogP) is 2.64. The van der Waals surface area contributed by atoms with Gasteiger partial charge in [-0.1, -0.05) is 6.92 Å². The third kappa shape index (κ3) is 4.00. The van der Waals surface area contributed by atoms with Gasteiger partial charge in [-0.3, -0.25) is 4.79 Å². The number of piperidine rings is 1. The summed E-state index contributed by atoms with van der Waals surface area (Å²) in [5.41, 5.74) is 0.461. The highest BCUT2D eigenvalue weighted by Crippen LogP contribution is 2.20. The predicted molar refractivity (Wildman–Crippen MR) is 82.9 cm³/mol. The monoisotopic (exact) mass is 305 g/mol. The molecule has 0 aromatic heterocycles. The van der Waals surface area contributed by atoms with E-state index in [0.717, 1.165) is 25.8 Å². The van der Waals surface area contributed by atoms with Crippen molar-refractivity contribution >= 4 is 11.9 Å². The van der Waals surface area contributed by atoms with E-state index in [9.17, 15) is 9.59 Å². The maximum Gasteiger partial charge on any atom is 0.337 e. The van der Waals surface area contributed by atoms with Crippen molar-refractivity contribution in [2.24, 2.45) is 0 Å². The van der Waals surface area contributed by atoms with Crippen LogP contribution in [0.1, 0.15) is 43.0 Å². The normalized spacial score (nSPS) is 17.9. The van der Waals surface area contributed by atoms with E-state index in [4.69, 9.17) is 4.74 Å². The molecular weight excluding hydrogens is 282 g/mol. The summed E-state index contributed by atoms with van der Waals surface area (Å²) >= 11 is 0. The first-order valence-corrected chi connectivity index (χ1v) is 7.76. The van der Waals surface area contributed by atoms with Gasteiger partial charge in [0.2, 0.25) is 0 Å². The summed E-state index contributed by atoms with van der Waals surface area (Å²) < 4.78 is 10.2. The number of esters is 1. The van der Waals surface area contributed by atoms with Gasteiger partial charge in [-0.15, -0.1) is 0 Å².